The van der Waals surface area contributed by atoms with Gasteiger partial charge in [-0.15, -0.1) is 0 Å². The van der Waals surface area contributed by atoms with Gasteiger partial charge in [-0.05, 0) is 36.8 Å². The quantitative estimate of drug-likeness (QED) is 0.635. The van der Waals surface area contributed by atoms with E-state index in [2.05, 4.69) is 60.1 Å². The Hall–Kier alpha value is -0.210. The summed E-state index contributed by atoms with van der Waals surface area (Å²) in [5, 5.41) is 0. The molecule has 0 unspecified atom stereocenters. The average molecular weight is 285 g/mol. The Balaban J connectivity index is 2.64. The summed E-state index contributed by atoms with van der Waals surface area (Å²) >= 11 is 5.46. The van der Waals surface area contributed by atoms with E-state index in [1.54, 1.807) is 0 Å². The van der Waals surface area contributed by atoms with Gasteiger partial charge in [0.25, 0.3) is 0 Å². The zero-order valence-electron chi connectivity index (χ0n) is 9.29. The Labute approximate surface area is 105 Å². The van der Waals surface area contributed by atoms with Crippen molar-refractivity contribution in [2.75, 3.05) is 0 Å². The zero-order valence-corrected chi connectivity index (χ0v) is 11.7. The Morgan fingerprint density at radius 3 is 2.47 bits per heavy atom. The van der Waals surface area contributed by atoms with Crippen molar-refractivity contribution in [1.29, 1.82) is 0 Å². The van der Waals surface area contributed by atoms with Crippen LogP contribution in [0.15, 0.2) is 44.6 Å². The van der Waals surface area contributed by atoms with Gasteiger partial charge in [0.15, 0.2) is 0 Å². The maximum Gasteiger partial charge on any atom is 0.0119 e. The van der Waals surface area contributed by atoms with Crippen LogP contribution in [0.1, 0.15) is 33.1 Å². The summed E-state index contributed by atoms with van der Waals surface area (Å²) in [5.74, 6) is 0. The minimum absolute atomic E-state index is 1.17. The second-order valence-electron chi connectivity index (χ2n) is 3.48. The Kier molecular flexibility index (Phi) is 6.11. The SMILES string of the molecule is CCCC/C(Sc1ccccc1)=C(/C)Br. The van der Waals surface area contributed by atoms with Gasteiger partial charge in [0.1, 0.15) is 0 Å². The maximum atomic E-state index is 3.59. The molecule has 2 heteroatoms. The highest BCUT2D eigenvalue weighted by atomic mass is 79.9. The van der Waals surface area contributed by atoms with Gasteiger partial charge in [0.05, 0.1) is 0 Å². The molecule has 0 nitrogen and oxygen atoms in total. The van der Waals surface area contributed by atoms with Crippen molar-refractivity contribution in [3.63, 3.8) is 0 Å². The van der Waals surface area contributed by atoms with E-state index in [4.69, 9.17) is 0 Å². The highest BCUT2D eigenvalue weighted by molar-refractivity contribution is 9.11. The summed E-state index contributed by atoms with van der Waals surface area (Å²) < 4.78 is 1.27. The minimum Gasteiger partial charge on any atom is -0.0937 e. The second-order valence-corrected chi connectivity index (χ2v) is 5.83. The van der Waals surface area contributed by atoms with Gasteiger partial charge >= 0.3 is 0 Å². The van der Waals surface area contributed by atoms with Crippen molar-refractivity contribution in [3.8, 4) is 0 Å². The topological polar surface area (TPSA) is 0 Å². The molecule has 0 aliphatic carbocycles. The molecule has 0 radical (unpaired) electrons. The van der Waals surface area contributed by atoms with Crippen molar-refractivity contribution in [1.82, 2.24) is 0 Å². The van der Waals surface area contributed by atoms with Crippen molar-refractivity contribution in [2.45, 2.75) is 38.0 Å². The molecular formula is C13H17BrS. The Morgan fingerprint density at radius 1 is 1.27 bits per heavy atom. The van der Waals surface area contributed by atoms with E-state index in [1.807, 2.05) is 11.8 Å². The lowest BCUT2D eigenvalue weighted by Crippen LogP contribution is -1.81. The lowest BCUT2D eigenvalue weighted by atomic mass is 10.2. The molecule has 0 atom stereocenters. The first kappa shape index (κ1) is 12.9. The summed E-state index contributed by atoms with van der Waals surface area (Å²) in [6, 6.07) is 10.5. The predicted molar refractivity (Wildman–Crippen MR) is 73.5 cm³/mol. The van der Waals surface area contributed by atoms with Crippen LogP contribution < -0.4 is 0 Å². The molecular weight excluding hydrogens is 268 g/mol. The van der Waals surface area contributed by atoms with Gasteiger partial charge in [-0.1, -0.05) is 59.2 Å². The van der Waals surface area contributed by atoms with Gasteiger partial charge in [0.2, 0.25) is 0 Å². The Morgan fingerprint density at radius 2 is 1.93 bits per heavy atom. The fraction of sp³-hybridized carbons (Fsp3) is 0.385. The Bertz CT molecular complexity index is 313. The molecule has 0 saturated carbocycles. The highest BCUT2D eigenvalue weighted by Crippen LogP contribution is 2.34. The second kappa shape index (κ2) is 7.13. The molecule has 1 rings (SSSR count). The van der Waals surface area contributed by atoms with Crippen LogP contribution in [0.2, 0.25) is 0 Å². The molecule has 0 spiro atoms. The van der Waals surface area contributed by atoms with E-state index in [0.29, 0.717) is 0 Å². The molecule has 0 amide bonds. The molecule has 0 fully saturated rings. The minimum atomic E-state index is 1.17. The normalized spacial score (nSPS) is 12.5. The number of unbranched alkanes of at least 4 members (excludes halogenated alkanes) is 1. The van der Waals surface area contributed by atoms with Crippen molar-refractivity contribution >= 4 is 27.7 Å². The first-order chi connectivity index (χ1) is 7.24. The number of benzene rings is 1. The lowest BCUT2D eigenvalue weighted by Gasteiger charge is -2.07. The van der Waals surface area contributed by atoms with Crippen molar-refractivity contribution in [2.24, 2.45) is 0 Å². The largest absolute Gasteiger partial charge is 0.0937 e. The standard InChI is InChI=1S/C13H17BrS/c1-3-4-10-13(11(2)14)15-12-8-6-5-7-9-12/h5-9H,3-4,10H2,1-2H3/b13-11+. The summed E-state index contributed by atoms with van der Waals surface area (Å²) in [6.07, 6.45) is 3.68. The van der Waals surface area contributed by atoms with E-state index >= 15 is 0 Å². The molecule has 1 aromatic rings. The number of allylic oxidation sites excluding steroid dienone is 2. The number of halogens is 1. The van der Waals surface area contributed by atoms with E-state index in [9.17, 15) is 0 Å². The van der Waals surface area contributed by atoms with Crippen LogP contribution in [-0.2, 0) is 0 Å². The molecule has 0 heterocycles. The molecule has 0 aromatic heterocycles. The van der Waals surface area contributed by atoms with E-state index in [1.165, 1.54) is 33.5 Å². The summed E-state index contributed by atoms with van der Waals surface area (Å²) in [5.41, 5.74) is 0. The summed E-state index contributed by atoms with van der Waals surface area (Å²) in [4.78, 5) is 2.77. The average Bonchev–Trinajstić information content (AvgIpc) is 2.25. The van der Waals surface area contributed by atoms with Crippen LogP contribution in [-0.4, -0.2) is 0 Å². The summed E-state index contributed by atoms with van der Waals surface area (Å²) in [6.45, 7) is 4.36. The van der Waals surface area contributed by atoms with Crippen molar-refractivity contribution in [3.05, 3.63) is 39.7 Å². The number of rotatable bonds is 5. The molecule has 0 aliphatic rings. The van der Waals surface area contributed by atoms with Crippen LogP contribution in [0.3, 0.4) is 0 Å². The monoisotopic (exact) mass is 284 g/mol. The fourth-order valence-electron chi connectivity index (χ4n) is 1.26. The molecule has 82 valence electrons. The third-order valence-electron chi connectivity index (χ3n) is 2.13. The van der Waals surface area contributed by atoms with Crippen LogP contribution >= 0.6 is 27.7 Å². The number of hydrogen-bond acceptors (Lipinski definition) is 1. The molecule has 1 aromatic carbocycles. The van der Waals surface area contributed by atoms with E-state index < -0.39 is 0 Å². The van der Waals surface area contributed by atoms with Gasteiger partial charge in [-0.25, -0.2) is 0 Å². The van der Waals surface area contributed by atoms with Crippen LogP contribution in [0, 0.1) is 0 Å². The molecule has 15 heavy (non-hydrogen) atoms. The zero-order chi connectivity index (χ0) is 11.1. The van der Waals surface area contributed by atoms with Crippen LogP contribution in [0.4, 0.5) is 0 Å². The smallest absolute Gasteiger partial charge is 0.0119 e. The highest BCUT2D eigenvalue weighted by Gasteiger charge is 2.03. The molecule has 0 bridgehead atoms. The van der Waals surface area contributed by atoms with Crippen molar-refractivity contribution < 1.29 is 0 Å². The number of hydrogen-bond donors (Lipinski definition) is 0. The van der Waals surface area contributed by atoms with Gasteiger partial charge in [-0.3, -0.25) is 0 Å². The van der Waals surface area contributed by atoms with Crippen LogP contribution in [0.25, 0.3) is 0 Å². The molecule has 0 N–H and O–H groups in total. The predicted octanol–water partition coefficient (Wildman–Crippen LogP) is 5.60. The third-order valence-corrected chi connectivity index (χ3v) is 4.13. The van der Waals surface area contributed by atoms with Crippen LogP contribution in [0.5, 0.6) is 0 Å². The van der Waals surface area contributed by atoms with Gasteiger partial charge in [0, 0.05) is 9.38 Å². The maximum absolute atomic E-state index is 3.59. The van der Waals surface area contributed by atoms with E-state index in [0.717, 1.165) is 0 Å². The number of thioether (sulfide) groups is 1. The first-order valence-corrected chi connectivity index (χ1v) is 6.93. The van der Waals surface area contributed by atoms with Gasteiger partial charge in [-0.2, -0.15) is 0 Å². The fourth-order valence-corrected chi connectivity index (χ4v) is 2.67. The van der Waals surface area contributed by atoms with Gasteiger partial charge < -0.3 is 0 Å². The third kappa shape index (κ3) is 4.89. The first-order valence-electron chi connectivity index (χ1n) is 5.32. The summed E-state index contributed by atoms with van der Waals surface area (Å²) in [7, 11) is 0. The molecule has 0 aliphatic heterocycles. The lowest BCUT2D eigenvalue weighted by molar-refractivity contribution is 0.807. The molecule has 0 saturated heterocycles. The van der Waals surface area contributed by atoms with E-state index in [-0.39, 0.29) is 0 Å².